The number of piperidine rings is 1. The number of hydrogen-bond acceptors (Lipinski definition) is 5. The standard InChI is InChI=1S/C22H26ClF2N3O3/c1-30-21-12-19(26)17(23)11-16(21)22(29)27-20-7-9-28(13-18(20)25)8-2-10-31-15-5-3-14(24)4-6-15/h3-6,11-12,18,20H,2,7-10,13,26H2,1H3,(H,27,29)/t18-,20-/m1/s1. The minimum Gasteiger partial charge on any atom is -0.496 e. The van der Waals surface area contributed by atoms with Crippen molar-refractivity contribution in [3.05, 3.63) is 52.8 Å². The van der Waals surface area contributed by atoms with Gasteiger partial charge in [0.25, 0.3) is 5.91 Å². The van der Waals surface area contributed by atoms with Gasteiger partial charge in [0.2, 0.25) is 0 Å². The Bertz CT molecular complexity index is 898. The molecule has 2 aromatic carbocycles. The zero-order valence-corrected chi connectivity index (χ0v) is 18.0. The number of rotatable bonds is 8. The number of methoxy groups -OCH3 is 1. The first-order valence-electron chi connectivity index (χ1n) is 10.1. The van der Waals surface area contributed by atoms with E-state index in [9.17, 15) is 13.6 Å². The van der Waals surface area contributed by atoms with Crippen LogP contribution in [0.2, 0.25) is 5.02 Å². The number of likely N-dealkylation sites (tertiary alicyclic amines) is 1. The highest BCUT2D eigenvalue weighted by Crippen LogP contribution is 2.29. The Labute approximate surface area is 185 Å². The van der Waals surface area contributed by atoms with Gasteiger partial charge in [-0.05, 0) is 43.2 Å². The molecule has 0 bridgehead atoms. The van der Waals surface area contributed by atoms with Crippen molar-refractivity contribution in [2.45, 2.75) is 25.1 Å². The summed E-state index contributed by atoms with van der Waals surface area (Å²) in [6, 6.07) is 8.14. The maximum Gasteiger partial charge on any atom is 0.255 e. The fraction of sp³-hybridized carbons (Fsp3) is 0.409. The summed E-state index contributed by atoms with van der Waals surface area (Å²) in [7, 11) is 1.43. The zero-order chi connectivity index (χ0) is 22.4. The molecular formula is C22H26ClF2N3O3. The molecule has 1 amide bonds. The molecule has 0 saturated carbocycles. The van der Waals surface area contributed by atoms with Gasteiger partial charge in [-0.15, -0.1) is 0 Å². The molecular weight excluding hydrogens is 428 g/mol. The quantitative estimate of drug-likeness (QED) is 0.471. The number of carbonyl (C=O) groups excluding carboxylic acids is 1. The predicted octanol–water partition coefficient (Wildman–Crippen LogP) is 3.68. The Morgan fingerprint density at radius 3 is 2.74 bits per heavy atom. The third-order valence-corrected chi connectivity index (χ3v) is 5.53. The average molecular weight is 454 g/mol. The summed E-state index contributed by atoms with van der Waals surface area (Å²) in [5.41, 5.74) is 6.26. The van der Waals surface area contributed by atoms with E-state index in [0.29, 0.717) is 44.0 Å². The molecule has 9 heteroatoms. The largest absolute Gasteiger partial charge is 0.496 e. The van der Waals surface area contributed by atoms with E-state index in [4.69, 9.17) is 26.8 Å². The molecule has 1 aliphatic heterocycles. The summed E-state index contributed by atoms with van der Waals surface area (Å²) >= 11 is 6.02. The van der Waals surface area contributed by atoms with Crippen molar-refractivity contribution in [2.24, 2.45) is 0 Å². The van der Waals surface area contributed by atoms with Gasteiger partial charge in [0, 0.05) is 25.7 Å². The van der Waals surface area contributed by atoms with E-state index in [2.05, 4.69) is 5.32 Å². The lowest BCUT2D eigenvalue weighted by atomic mass is 10.0. The van der Waals surface area contributed by atoms with Crippen LogP contribution in [0, 0.1) is 5.82 Å². The first-order valence-corrected chi connectivity index (χ1v) is 10.4. The van der Waals surface area contributed by atoms with Crippen LogP contribution in [0.1, 0.15) is 23.2 Å². The normalized spacial score (nSPS) is 19.1. The van der Waals surface area contributed by atoms with Crippen molar-refractivity contribution >= 4 is 23.2 Å². The number of ether oxygens (including phenoxy) is 2. The molecule has 0 radical (unpaired) electrons. The number of nitrogens with one attached hydrogen (secondary N) is 1. The van der Waals surface area contributed by atoms with Gasteiger partial charge in [0.1, 0.15) is 23.5 Å². The number of halogens is 3. The lowest BCUT2D eigenvalue weighted by Crippen LogP contribution is -2.52. The molecule has 1 saturated heterocycles. The minimum atomic E-state index is -1.20. The highest BCUT2D eigenvalue weighted by molar-refractivity contribution is 6.33. The van der Waals surface area contributed by atoms with Crippen LogP contribution in [0.3, 0.4) is 0 Å². The van der Waals surface area contributed by atoms with E-state index in [-0.39, 0.29) is 28.7 Å². The van der Waals surface area contributed by atoms with E-state index >= 15 is 0 Å². The molecule has 1 fully saturated rings. The maximum absolute atomic E-state index is 14.7. The summed E-state index contributed by atoms with van der Waals surface area (Å²) in [4.78, 5) is 14.6. The van der Waals surface area contributed by atoms with Gasteiger partial charge in [-0.3, -0.25) is 4.79 Å². The number of alkyl halides is 1. The van der Waals surface area contributed by atoms with Gasteiger partial charge >= 0.3 is 0 Å². The molecule has 31 heavy (non-hydrogen) atoms. The van der Waals surface area contributed by atoms with Crippen LogP contribution in [0.5, 0.6) is 11.5 Å². The molecule has 1 aliphatic rings. The number of anilines is 1. The van der Waals surface area contributed by atoms with Crippen LogP contribution in [0.4, 0.5) is 14.5 Å². The predicted molar refractivity (Wildman–Crippen MR) is 116 cm³/mol. The van der Waals surface area contributed by atoms with Crippen molar-refractivity contribution in [2.75, 3.05) is 39.1 Å². The summed E-state index contributed by atoms with van der Waals surface area (Å²) in [6.07, 6.45) is -0.00935. The van der Waals surface area contributed by atoms with Crippen molar-refractivity contribution in [3.63, 3.8) is 0 Å². The third kappa shape index (κ3) is 6.21. The van der Waals surface area contributed by atoms with Crippen molar-refractivity contribution < 1.29 is 23.0 Å². The highest BCUT2D eigenvalue weighted by Gasteiger charge is 2.31. The van der Waals surface area contributed by atoms with Crippen LogP contribution < -0.4 is 20.5 Å². The zero-order valence-electron chi connectivity index (χ0n) is 17.2. The lowest BCUT2D eigenvalue weighted by Gasteiger charge is -2.35. The SMILES string of the molecule is COc1cc(N)c(Cl)cc1C(=O)N[C@@H]1CCN(CCCOc2ccc(F)cc2)C[C@H]1F. The van der Waals surface area contributed by atoms with E-state index in [1.54, 1.807) is 12.1 Å². The highest BCUT2D eigenvalue weighted by atomic mass is 35.5. The first kappa shape index (κ1) is 23.1. The second kappa shape index (κ2) is 10.6. The lowest BCUT2D eigenvalue weighted by molar-refractivity contribution is 0.0764. The summed E-state index contributed by atoms with van der Waals surface area (Å²) in [6.45, 7) is 2.00. The Morgan fingerprint density at radius 2 is 2.06 bits per heavy atom. The second-order valence-corrected chi connectivity index (χ2v) is 7.82. The van der Waals surface area contributed by atoms with Crippen LogP contribution in [0.25, 0.3) is 0 Å². The molecule has 1 heterocycles. The van der Waals surface area contributed by atoms with Crippen LogP contribution in [-0.4, -0.2) is 56.4 Å². The fourth-order valence-corrected chi connectivity index (χ4v) is 3.67. The topological polar surface area (TPSA) is 76.8 Å². The van der Waals surface area contributed by atoms with Crippen LogP contribution in [-0.2, 0) is 0 Å². The number of nitrogen functional groups attached to an aromatic ring is 1. The number of nitrogens with zero attached hydrogens (tertiary/aromatic N) is 1. The molecule has 0 aromatic heterocycles. The number of carbonyl (C=O) groups is 1. The minimum absolute atomic E-state index is 0.217. The molecule has 2 aromatic rings. The summed E-state index contributed by atoms with van der Waals surface area (Å²) in [5, 5.41) is 2.98. The molecule has 0 unspecified atom stereocenters. The molecule has 0 aliphatic carbocycles. The monoisotopic (exact) mass is 453 g/mol. The number of amides is 1. The summed E-state index contributed by atoms with van der Waals surface area (Å²) in [5.74, 6) is 0.125. The van der Waals surface area contributed by atoms with Crippen molar-refractivity contribution in [1.29, 1.82) is 0 Å². The van der Waals surface area contributed by atoms with Gasteiger partial charge in [-0.2, -0.15) is 0 Å². The molecule has 6 nitrogen and oxygen atoms in total. The maximum atomic E-state index is 14.7. The van der Waals surface area contributed by atoms with E-state index in [1.165, 1.54) is 31.4 Å². The van der Waals surface area contributed by atoms with Crippen molar-refractivity contribution in [3.8, 4) is 11.5 Å². The van der Waals surface area contributed by atoms with Gasteiger partial charge in [-0.25, -0.2) is 8.78 Å². The summed E-state index contributed by atoms with van der Waals surface area (Å²) < 4.78 is 38.4. The van der Waals surface area contributed by atoms with Gasteiger partial charge < -0.3 is 25.4 Å². The van der Waals surface area contributed by atoms with Gasteiger partial charge in [-0.1, -0.05) is 11.6 Å². The van der Waals surface area contributed by atoms with Gasteiger partial charge in [0.15, 0.2) is 0 Å². The molecule has 2 atom stereocenters. The average Bonchev–Trinajstić information content (AvgIpc) is 2.75. The van der Waals surface area contributed by atoms with Crippen LogP contribution >= 0.6 is 11.6 Å². The Kier molecular flexibility index (Phi) is 7.92. The molecule has 168 valence electrons. The van der Waals surface area contributed by atoms with E-state index in [1.807, 2.05) is 4.90 Å². The van der Waals surface area contributed by atoms with E-state index in [0.717, 1.165) is 0 Å². The van der Waals surface area contributed by atoms with Gasteiger partial charge in [0.05, 0.1) is 36.0 Å². The Morgan fingerprint density at radius 1 is 1.32 bits per heavy atom. The number of hydrogen-bond donors (Lipinski definition) is 2. The van der Waals surface area contributed by atoms with E-state index < -0.39 is 18.1 Å². The third-order valence-electron chi connectivity index (χ3n) is 5.21. The van der Waals surface area contributed by atoms with Crippen LogP contribution in [0.15, 0.2) is 36.4 Å². The first-order chi connectivity index (χ1) is 14.9. The van der Waals surface area contributed by atoms with Crippen molar-refractivity contribution in [1.82, 2.24) is 10.2 Å². The number of nitrogens with two attached hydrogens (primary N) is 1. The molecule has 3 N–H and O–H groups in total. The fourth-order valence-electron chi connectivity index (χ4n) is 3.50. The number of benzene rings is 2. The smallest absolute Gasteiger partial charge is 0.255 e. The molecule has 0 spiro atoms. The second-order valence-electron chi connectivity index (χ2n) is 7.42. The Hall–Kier alpha value is -2.58. The molecule has 3 rings (SSSR count). The Balaban J connectivity index is 1.45.